The lowest BCUT2D eigenvalue weighted by Crippen LogP contribution is -2.06. The summed E-state index contributed by atoms with van der Waals surface area (Å²) in [5, 5.41) is 17.4. The van der Waals surface area contributed by atoms with Gasteiger partial charge in [0.15, 0.2) is 0 Å². The summed E-state index contributed by atoms with van der Waals surface area (Å²) in [5.41, 5.74) is 0. The van der Waals surface area contributed by atoms with Crippen LogP contribution in [0, 0.1) is 0 Å². The monoisotopic (exact) mass is 444 g/mol. The van der Waals surface area contributed by atoms with Gasteiger partial charge in [0.25, 0.3) is 0 Å². The Bertz CT molecular complexity index is 363. The number of aliphatic hydroxyl groups excluding tert-OH is 2. The SMILES string of the molecule is O=C(CCCCCCCC(=O)OCCCCCCCCO)OCCCCCCCCO. The topological polar surface area (TPSA) is 93.1 Å². The molecule has 0 fully saturated rings. The van der Waals surface area contributed by atoms with Crippen LogP contribution in [-0.4, -0.2) is 48.6 Å². The third-order valence-corrected chi connectivity index (χ3v) is 5.39. The first kappa shape index (κ1) is 29.9. The van der Waals surface area contributed by atoms with Crippen LogP contribution in [0.2, 0.25) is 0 Å². The molecule has 0 rings (SSSR count). The molecule has 2 N–H and O–H groups in total. The molecule has 0 aromatic heterocycles. The zero-order chi connectivity index (χ0) is 22.8. The van der Waals surface area contributed by atoms with Crippen molar-refractivity contribution in [2.24, 2.45) is 0 Å². The minimum Gasteiger partial charge on any atom is -0.466 e. The van der Waals surface area contributed by atoms with Crippen molar-refractivity contribution in [3.8, 4) is 0 Å². The Labute approximate surface area is 190 Å². The van der Waals surface area contributed by atoms with Gasteiger partial charge >= 0.3 is 11.9 Å². The van der Waals surface area contributed by atoms with Crippen molar-refractivity contribution in [3.63, 3.8) is 0 Å². The summed E-state index contributed by atoms with van der Waals surface area (Å²) in [6.45, 7) is 1.59. The summed E-state index contributed by atoms with van der Waals surface area (Å²) < 4.78 is 10.5. The predicted molar refractivity (Wildman–Crippen MR) is 124 cm³/mol. The maximum Gasteiger partial charge on any atom is 0.305 e. The molecule has 0 spiro atoms. The highest BCUT2D eigenvalue weighted by Crippen LogP contribution is 2.10. The van der Waals surface area contributed by atoms with Crippen molar-refractivity contribution in [1.82, 2.24) is 0 Å². The molecule has 0 atom stereocenters. The zero-order valence-electron chi connectivity index (χ0n) is 19.8. The molecule has 0 saturated carbocycles. The Balaban J connectivity index is 3.26. The zero-order valence-corrected chi connectivity index (χ0v) is 19.8. The molecular weight excluding hydrogens is 396 g/mol. The minimum atomic E-state index is -0.0998. The van der Waals surface area contributed by atoms with E-state index in [0.29, 0.717) is 26.1 Å². The van der Waals surface area contributed by atoms with E-state index in [9.17, 15) is 9.59 Å². The average molecular weight is 445 g/mol. The van der Waals surface area contributed by atoms with E-state index in [2.05, 4.69) is 0 Å². The van der Waals surface area contributed by atoms with E-state index in [4.69, 9.17) is 19.7 Å². The summed E-state index contributed by atoms with van der Waals surface area (Å²) in [6.07, 6.45) is 18.1. The highest BCUT2D eigenvalue weighted by Gasteiger charge is 2.04. The fourth-order valence-corrected chi connectivity index (χ4v) is 3.43. The van der Waals surface area contributed by atoms with Crippen molar-refractivity contribution >= 4 is 11.9 Å². The number of esters is 2. The number of ether oxygens (including phenoxy) is 2. The van der Waals surface area contributed by atoms with Crippen LogP contribution in [0.15, 0.2) is 0 Å². The smallest absolute Gasteiger partial charge is 0.305 e. The minimum absolute atomic E-state index is 0.0998. The van der Waals surface area contributed by atoms with Crippen molar-refractivity contribution < 1.29 is 29.3 Å². The van der Waals surface area contributed by atoms with E-state index >= 15 is 0 Å². The second kappa shape index (κ2) is 25.1. The third-order valence-electron chi connectivity index (χ3n) is 5.39. The highest BCUT2D eigenvalue weighted by molar-refractivity contribution is 5.69. The van der Waals surface area contributed by atoms with Gasteiger partial charge in [-0.25, -0.2) is 0 Å². The standard InChI is InChI=1S/C25H48O6/c26-20-14-8-1-3-10-16-22-30-24(28)18-12-6-5-7-13-19-25(29)31-23-17-11-4-2-9-15-21-27/h26-27H,1-23H2. The summed E-state index contributed by atoms with van der Waals surface area (Å²) >= 11 is 0. The van der Waals surface area contributed by atoms with Crippen molar-refractivity contribution in [2.45, 2.75) is 122 Å². The van der Waals surface area contributed by atoms with Gasteiger partial charge in [-0.2, -0.15) is 0 Å². The van der Waals surface area contributed by atoms with Gasteiger partial charge in [-0.1, -0.05) is 70.6 Å². The Morgan fingerprint density at radius 1 is 0.419 bits per heavy atom. The average Bonchev–Trinajstić information content (AvgIpc) is 2.76. The van der Waals surface area contributed by atoms with Crippen LogP contribution in [0.1, 0.15) is 122 Å². The first-order chi connectivity index (χ1) is 15.2. The Morgan fingerprint density at radius 3 is 1.06 bits per heavy atom. The molecule has 0 amide bonds. The first-order valence-corrected chi connectivity index (χ1v) is 12.7. The molecule has 0 unspecified atom stereocenters. The van der Waals surface area contributed by atoms with Gasteiger partial charge in [0.1, 0.15) is 0 Å². The Kier molecular flexibility index (Phi) is 24.2. The molecule has 0 bridgehead atoms. The first-order valence-electron chi connectivity index (χ1n) is 12.7. The number of hydrogen-bond donors (Lipinski definition) is 2. The molecule has 0 aliphatic heterocycles. The van der Waals surface area contributed by atoms with Crippen LogP contribution in [0.5, 0.6) is 0 Å². The van der Waals surface area contributed by atoms with E-state index in [0.717, 1.165) is 109 Å². The molecule has 6 heteroatoms. The number of carbonyl (C=O) groups is 2. The van der Waals surface area contributed by atoms with E-state index < -0.39 is 0 Å². The second-order valence-corrected chi connectivity index (χ2v) is 8.40. The van der Waals surface area contributed by atoms with Crippen LogP contribution < -0.4 is 0 Å². The van der Waals surface area contributed by atoms with Crippen molar-refractivity contribution in [3.05, 3.63) is 0 Å². The lowest BCUT2D eigenvalue weighted by molar-refractivity contribution is -0.144. The van der Waals surface area contributed by atoms with Crippen LogP contribution in [0.25, 0.3) is 0 Å². The molecule has 0 heterocycles. The van der Waals surface area contributed by atoms with E-state index in [1.165, 1.54) is 0 Å². The van der Waals surface area contributed by atoms with Gasteiger partial charge in [0.2, 0.25) is 0 Å². The van der Waals surface area contributed by atoms with Gasteiger partial charge in [-0.15, -0.1) is 0 Å². The van der Waals surface area contributed by atoms with Gasteiger partial charge in [0.05, 0.1) is 13.2 Å². The quantitative estimate of drug-likeness (QED) is 0.151. The summed E-state index contributed by atoms with van der Waals surface area (Å²) in [4.78, 5) is 23.4. The molecule has 0 saturated heterocycles. The van der Waals surface area contributed by atoms with E-state index in [-0.39, 0.29) is 25.2 Å². The summed E-state index contributed by atoms with van der Waals surface area (Å²) in [6, 6.07) is 0. The largest absolute Gasteiger partial charge is 0.466 e. The van der Waals surface area contributed by atoms with E-state index in [1.54, 1.807) is 0 Å². The third kappa shape index (κ3) is 25.0. The number of carbonyl (C=O) groups excluding carboxylic acids is 2. The van der Waals surface area contributed by atoms with Gasteiger partial charge < -0.3 is 19.7 Å². The molecular formula is C25H48O6. The summed E-state index contributed by atoms with van der Waals surface area (Å²) in [7, 11) is 0. The van der Waals surface area contributed by atoms with E-state index in [1.807, 2.05) is 0 Å². The Morgan fingerprint density at radius 2 is 0.710 bits per heavy atom. The molecule has 0 aliphatic carbocycles. The molecule has 184 valence electrons. The number of hydrogen-bond acceptors (Lipinski definition) is 6. The van der Waals surface area contributed by atoms with Gasteiger partial charge in [-0.3, -0.25) is 9.59 Å². The van der Waals surface area contributed by atoms with Crippen LogP contribution >= 0.6 is 0 Å². The molecule has 0 aromatic rings. The number of unbranched alkanes of at least 4 members (excludes halogenated alkanes) is 14. The fourth-order valence-electron chi connectivity index (χ4n) is 3.43. The lowest BCUT2D eigenvalue weighted by Gasteiger charge is -2.06. The molecule has 0 radical (unpaired) electrons. The van der Waals surface area contributed by atoms with Gasteiger partial charge in [-0.05, 0) is 38.5 Å². The number of rotatable bonds is 24. The number of aliphatic hydroxyl groups is 2. The maximum absolute atomic E-state index is 11.7. The fraction of sp³-hybridized carbons (Fsp3) is 0.920. The van der Waals surface area contributed by atoms with Crippen LogP contribution in [0.4, 0.5) is 0 Å². The lowest BCUT2D eigenvalue weighted by atomic mass is 10.1. The molecule has 0 aromatic carbocycles. The normalized spacial score (nSPS) is 10.9. The van der Waals surface area contributed by atoms with Crippen molar-refractivity contribution in [2.75, 3.05) is 26.4 Å². The van der Waals surface area contributed by atoms with Crippen LogP contribution in [-0.2, 0) is 19.1 Å². The van der Waals surface area contributed by atoms with Gasteiger partial charge in [0, 0.05) is 26.1 Å². The van der Waals surface area contributed by atoms with Crippen LogP contribution in [0.3, 0.4) is 0 Å². The molecule has 0 aliphatic rings. The maximum atomic E-state index is 11.7. The molecule has 31 heavy (non-hydrogen) atoms. The molecule has 6 nitrogen and oxygen atoms in total. The Hall–Kier alpha value is -1.14. The predicted octanol–water partition coefficient (Wildman–Crippen LogP) is 5.47. The second-order valence-electron chi connectivity index (χ2n) is 8.40. The highest BCUT2D eigenvalue weighted by atomic mass is 16.5. The summed E-state index contributed by atoms with van der Waals surface area (Å²) in [5.74, 6) is -0.200. The van der Waals surface area contributed by atoms with Crippen molar-refractivity contribution in [1.29, 1.82) is 0 Å².